The second kappa shape index (κ2) is 8.78. The minimum atomic E-state index is -0.140. The van der Waals surface area contributed by atoms with Gasteiger partial charge >= 0.3 is 5.69 Å². The van der Waals surface area contributed by atoms with Gasteiger partial charge in [0.1, 0.15) is 12.3 Å². The highest BCUT2D eigenvalue weighted by atomic mass is 16.5. The Morgan fingerprint density at radius 2 is 1.70 bits per heavy atom. The number of likely N-dealkylation sites (tertiary alicyclic amines) is 1. The zero-order valence-corrected chi connectivity index (χ0v) is 17.7. The second-order valence-electron chi connectivity index (χ2n) is 8.13. The van der Waals surface area contributed by atoms with Gasteiger partial charge in [0.25, 0.3) is 0 Å². The first-order valence-electron chi connectivity index (χ1n) is 10.6. The van der Waals surface area contributed by atoms with Gasteiger partial charge in [0.2, 0.25) is 5.91 Å². The molecule has 6 heteroatoms. The Morgan fingerprint density at radius 1 is 1.03 bits per heavy atom. The van der Waals surface area contributed by atoms with Gasteiger partial charge in [0.05, 0.1) is 18.1 Å². The Bertz CT molecular complexity index is 1070. The molecule has 30 heavy (non-hydrogen) atoms. The number of rotatable bonds is 6. The fourth-order valence-electron chi connectivity index (χ4n) is 4.39. The number of benzene rings is 2. The fraction of sp³-hybridized carbons (Fsp3) is 0.417. The number of fused-ring (bicyclic) bond motifs is 1. The molecule has 0 aliphatic carbocycles. The average Bonchev–Trinajstić information content (AvgIpc) is 3.03. The molecule has 1 aromatic heterocycles. The minimum Gasteiger partial charge on any atom is -0.497 e. The standard InChI is InChI=1S/C24H29N3O3/c1-25-21-5-3-4-6-22(21)27(24(25)29)17-23(28)26-15-13-19(14-16-26)8-7-18-9-11-20(30-2)12-10-18/h3-6,9-12,19H,7-8,13-17H2,1-2H3. The van der Waals surface area contributed by atoms with E-state index in [0.29, 0.717) is 5.92 Å². The van der Waals surface area contributed by atoms with E-state index >= 15 is 0 Å². The minimum absolute atomic E-state index is 0.0297. The van der Waals surface area contributed by atoms with Gasteiger partial charge in [-0.3, -0.25) is 13.9 Å². The summed E-state index contributed by atoms with van der Waals surface area (Å²) in [6.45, 7) is 1.65. The number of aryl methyl sites for hydroxylation is 2. The summed E-state index contributed by atoms with van der Waals surface area (Å²) in [5, 5.41) is 0. The first-order valence-corrected chi connectivity index (χ1v) is 10.6. The molecule has 1 saturated heterocycles. The van der Waals surface area contributed by atoms with Gasteiger partial charge in [-0.2, -0.15) is 0 Å². The van der Waals surface area contributed by atoms with Crippen molar-refractivity contribution < 1.29 is 9.53 Å². The summed E-state index contributed by atoms with van der Waals surface area (Å²) >= 11 is 0. The molecule has 1 aliphatic heterocycles. The molecule has 0 N–H and O–H groups in total. The average molecular weight is 408 g/mol. The molecule has 3 aromatic rings. The topological polar surface area (TPSA) is 56.5 Å². The maximum Gasteiger partial charge on any atom is 0.329 e. The summed E-state index contributed by atoms with van der Waals surface area (Å²) < 4.78 is 8.41. The van der Waals surface area contributed by atoms with Gasteiger partial charge in [-0.05, 0) is 61.4 Å². The van der Waals surface area contributed by atoms with Crippen molar-refractivity contribution in [1.82, 2.24) is 14.0 Å². The molecule has 6 nitrogen and oxygen atoms in total. The highest BCUT2D eigenvalue weighted by Gasteiger charge is 2.24. The lowest BCUT2D eigenvalue weighted by atomic mass is 9.90. The van der Waals surface area contributed by atoms with Crippen LogP contribution in [0, 0.1) is 5.92 Å². The number of imidazole rings is 1. The van der Waals surface area contributed by atoms with Crippen molar-refractivity contribution in [1.29, 1.82) is 0 Å². The van der Waals surface area contributed by atoms with Crippen LogP contribution in [0.15, 0.2) is 53.3 Å². The molecule has 1 aliphatic rings. The summed E-state index contributed by atoms with van der Waals surface area (Å²) in [4.78, 5) is 27.3. The summed E-state index contributed by atoms with van der Waals surface area (Å²) in [5.41, 5.74) is 2.85. The fourth-order valence-corrected chi connectivity index (χ4v) is 4.39. The molecular weight excluding hydrogens is 378 g/mol. The predicted octanol–water partition coefficient (Wildman–Crippen LogP) is 3.22. The molecule has 0 atom stereocenters. The van der Waals surface area contributed by atoms with Crippen LogP contribution in [0.2, 0.25) is 0 Å². The van der Waals surface area contributed by atoms with Gasteiger partial charge in [0, 0.05) is 20.1 Å². The number of methoxy groups -OCH3 is 1. The molecule has 2 heterocycles. The number of ether oxygens (including phenoxy) is 1. The molecule has 2 aromatic carbocycles. The van der Waals surface area contributed by atoms with Gasteiger partial charge in [-0.15, -0.1) is 0 Å². The van der Waals surface area contributed by atoms with E-state index in [9.17, 15) is 9.59 Å². The van der Waals surface area contributed by atoms with Crippen molar-refractivity contribution in [3.8, 4) is 5.75 Å². The summed E-state index contributed by atoms with van der Waals surface area (Å²) in [7, 11) is 3.43. The molecule has 0 unspecified atom stereocenters. The number of piperidine rings is 1. The first-order chi connectivity index (χ1) is 14.6. The molecule has 0 bridgehead atoms. The van der Waals surface area contributed by atoms with Crippen LogP contribution in [0.3, 0.4) is 0 Å². The maximum absolute atomic E-state index is 12.9. The van der Waals surface area contributed by atoms with E-state index in [0.717, 1.165) is 55.6 Å². The van der Waals surface area contributed by atoms with Crippen LogP contribution < -0.4 is 10.4 Å². The van der Waals surface area contributed by atoms with Crippen LogP contribution in [0.5, 0.6) is 5.75 Å². The lowest BCUT2D eigenvalue weighted by Gasteiger charge is -2.32. The number of aromatic nitrogens is 2. The monoisotopic (exact) mass is 407 g/mol. The highest BCUT2D eigenvalue weighted by Crippen LogP contribution is 2.23. The zero-order chi connectivity index (χ0) is 21.1. The predicted molar refractivity (Wildman–Crippen MR) is 118 cm³/mol. The summed E-state index contributed by atoms with van der Waals surface area (Å²) in [6.07, 6.45) is 4.23. The third kappa shape index (κ3) is 4.13. The van der Waals surface area contributed by atoms with E-state index < -0.39 is 0 Å². The molecule has 158 valence electrons. The van der Waals surface area contributed by atoms with E-state index in [-0.39, 0.29) is 18.1 Å². The van der Waals surface area contributed by atoms with Crippen LogP contribution in [-0.4, -0.2) is 40.1 Å². The number of para-hydroxylation sites is 2. The summed E-state index contributed by atoms with van der Waals surface area (Å²) in [5.74, 6) is 1.55. The molecule has 4 rings (SSSR count). The Hall–Kier alpha value is -3.02. The van der Waals surface area contributed by atoms with Gasteiger partial charge < -0.3 is 9.64 Å². The highest BCUT2D eigenvalue weighted by molar-refractivity contribution is 5.81. The van der Waals surface area contributed by atoms with E-state index in [1.807, 2.05) is 41.3 Å². The largest absolute Gasteiger partial charge is 0.497 e. The smallest absolute Gasteiger partial charge is 0.329 e. The van der Waals surface area contributed by atoms with Gasteiger partial charge in [-0.25, -0.2) is 4.79 Å². The molecule has 0 spiro atoms. The molecule has 0 radical (unpaired) electrons. The number of hydrogen-bond donors (Lipinski definition) is 0. The van der Waals surface area contributed by atoms with E-state index in [4.69, 9.17) is 4.74 Å². The van der Waals surface area contributed by atoms with Crippen LogP contribution in [0.4, 0.5) is 0 Å². The van der Waals surface area contributed by atoms with Crippen molar-refractivity contribution in [3.63, 3.8) is 0 Å². The van der Waals surface area contributed by atoms with Crippen molar-refractivity contribution >= 4 is 16.9 Å². The third-order valence-electron chi connectivity index (χ3n) is 6.31. The Labute approximate surface area is 176 Å². The van der Waals surface area contributed by atoms with Gasteiger partial charge in [-0.1, -0.05) is 24.3 Å². The maximum atomic E-state index is 12.9. The molecule has 1 amide bonds. The lowest BCUT2D eigenvalue weighted by Crippen LogP contribution is -2.41. The first kappa shape index (κ1) is 20.3. The van der Waals surface area contributed by atoms with Crippen molar-refractivity contribution in [2.24, 2.45) is 13.0 Å². The Morgan fingerprint density at radius 3 is 2.37 bits per heavy atom. The third-order valence-corrected chi connectivity index (χ3v) is 6.31. The van der Waals surface area contributed by atoms with E-state index in [1.54, 1.807) is 23.3 Å². The SMILES string of the molecule is COc1ccc(CCC2CCN(C(=O)Cn3c(=O)n(C)c4ccccc43)CC2)cc1. The number of nitrogens with zero attached hydrogens (tertiary/aromatic N) is 3. The van der Waals surface area contributed by atoms with Crippen molar-refractivity contribution in [2.45, 2.75) is 32.2 Å². The quantitative estimate of drug-likeness (QED) is 0.630. The Kier molecular flexibility index (Phi) is 5.93. The summed E-state index contributed by atoms with van der Waals surface area (Å²) in [6, 6.07) is 15.9. The van der Waals surface area contributed by atoms with E-state index in [2.05, 4.69) is 12.1 Å². The normalized spacial score (nSPS) is 14.9. The number of amides is 1. The molecule has 1 fully saturated rings. The van der Waals surface area contributed by atoms with Crippen molar-refractivity contribution in [2.75, 3.05) is 20.2 Å². The van der Waals surface area contributed by atoms with Crippen LogP contribution in [-0.2, 0) is 24.8 Å². The van der Waals surface area contributed by atoms with Crippen LogP contribution in [0.25, 0.3) is 11.0 Å². The number of carbonyl (C=O) groups is 1. The molecule has 0 saturated carbocycles. The van der Waals surface area contributed by atoms with Gasteiger partial charge in [0.15, 0.2) is 0 Å². The zero-order valence-electron chi connectivity index (χ0n) is 17.7. The molecular formula is C24H29N3O3. The number of hydrogen-bond acceptors (Lipinski definition) is 3. The van der Waals surface area contributed by atoms with Crippen LogP contribution >= 0.6 is 0 Å². The lowest BCUT2D eigenvalue weighted by molar-refractivity contribution is -0.133. The van der Waals surface area contributed by atoms with Crippen LogP contribution in [0.1, 0.15) is 24.8 Å². The Balaban J connectivity index is 1.31. The van der Waals surface area contributed by atoms with Crippen molar-refractivity contribution in [3.05, 3.63) is 64.6 Å². The van der Waals surface area contributed by atoms with E-state index in [1.165, 1.54) is 5.56 Å². The number of carbonyl (C=O) groups excluding carboxylic acids is 1. The second-order valence-corrected chi connectivity index (χ2v) is 8.13.